The lowest BCUT2D eigenvalue weighted by Gasteiger charge is -2.30. The summed E-state index contributed by atoms with van der Waals surface area (Å²) in [5.41, 5.74) is 2.30. The van der Waals surface area contributed by atoms with E-state index in [9.17, 15) is 9.59 Å². The van der Waals surface area contributed by atoms with Crippen molar-refractivity contribution in [1.82, 2.24) is 9.47 Å². The fourth-order valence-corrected chi connectivity index (χ4v) is 4.93. The number of likely N-dealkylation sites (tertiary alicyclic amines) is 1. The van der Waals surface area contributed by atoms with Crippen molar-refractivity contribution in [3.8, 4) is 5.00 Å². The number of esters is 1. The molecule has 3 aromatic rings. The summed E-state index contributed by atoms with van der Waals surface area (Å²) in [7, 11) is 0. The molecule has 0 atom stereocenters. The Morgan fingerprint density at radius 1 is 1.14 bits per heavy atom. The molecule has 1 fully saturated rings. The number of thiophene rings is 1. The van der Waals surface area contributed by atoms with Gasteiger partial charge in [0.15, 0.2) is 0 Å². The summed E-state index contributed by atoms with van der Waals surface area (Å²) < 4.78 is 7.31. The van der Waals surface area contributed by atoms with Crippen molar-refractivity contribution in [1.29, 1.82) is 0 Å². The third kappa shape index (κ3) is 3.44. The molecule has 1 saturated heterocycles. The molecule has 0 spiro atoms. The number of benzene rings is 1. The molecular formula is C22H24N2O3S. The number of amides is 1. The van der Waals surface area contributed by atoms with Crippen molar-refractivity contribution in [2.24, 2.45) is 5.92 Å². The highest BCUT2D eigenvalue weighted by atomic mass is 32.1. The Hall–Kier alpha value is -2.60. The highest BCUT2D eigenvalue weighted by molar-refractivity contribution is 7.16. The van der Waals surface area contributed by atoms with Gasteiger partial charge in [0.25, 0.3) is 5.91 Å². The van der Waals surface area contributed by atoms with E-state index in [2.05, 4.69) is 29.7 Å². The van der Waals surface area contributed by atoms with Crippen LogP contribution in [0.25, 0.3) is 15.9 Å². The fraction of sp³-hybridized carbons (Fsp3) is 0.364. The van der Waals surface area contributed by atoms with Crippen LogP contribution >= 0.6 is 11.3 Å². The molecule has 1 aromatic carbocycles. The zero-order chi connectivity index (χ0) is 19.7. The highest BCUT2D eigenvalue weighted by Gasteiger charge is 2.29. The molecule has 0 unspecified atom stereocenters. The van der Waals surface area contributed by atoms with E-state index in [1.165, 1.54) is 16.7 Å². The van der Waals surface area contributed by atoms with Crippen LogP contribution in [0.2, 0.25) is 0 Å². The van der Waals surface area contributed by atoms with Crippen LogP contribution in [0.4, 0.5) is 0 Å². The summed E-state index contributed by atoms with van der Waals surface area (Å²) in [5.74, 6) is -0.174. The molecule has 4 rings (SSSR count). The number of fused-ring (bicyclic) bond motifs is 1. The number of hydrogen-bond acceptors (Lipinski definition) is 4. The van der Waals surface area contributed by atoms with Gasteiger partial charge in [-0.1, -0.05) is 18.2 Å². The molecule has 0 bridgehead atoms. The minimum Gasteiger partial charge on any atom is -0.466 e. The quantitative estimate of drug-likeness (QED) is 0.614. The van der Waals surface area contributed by atoms with Crippen LogP contribution in [-0.4, -0.2) is 41.0 Å². The second kappa shape index (κ2) is 7.80. The molecule has 0 N–H and O–H groups in total. The third-order valence-electron chi connectivity index (χ3n) is 5.32. The number of carbonyl (C=O) groups excluding carboxylic acids is 2. The number of hydrogen-bond donors (Lipinski definition) is 0. The van der Waals surface area contributed by atoms with Crippen LogP contribution in [0.15, 0.2) is 42.5 Å². The number of para-hydroxylation sites is 1. The maximum absolute atomic E-state index is 12.9. The van der Waals surface area contributed by atoms with Crippen LogP contribution in [0.3, 0.4) is 0 Å². The number of aryl methyl sites for hydroxylation is 1. The maximum atomic E-state index is 12.9. The van der Waals surface area contributed by atoms with E-state index in [0.717, 1.165) is 21.1 Å². The van der Waals surface area contributed by atoms with Crippen molar-refractivity contribution in [2.45, 2.75) is 26.7 Å². The van der Waals surface area contributed by atoms with Gasteiger partial charge in [-0.05, 0) is 51.0 Å². The zero-order valence-electron chi connectivity index (χ0n) is 16.2. The molecule has 5 nitrogen and oxygen atoms in total. The SMILES string of the molecule is CCOC(=O)C1CCN(C(=O)c2ccc(-n3c(C)cc4ccccc43)s2)CC1. The van der Waals surface area contributed by atoms with E-state index >= 15 is 0 Å². The third-order valence-corrected chi connectivity index (χ3v) is 6.38. The van der Waals surface area contributed by atoms with Crippen molar-refractivity contribution < 1.29 is 14.3 Å². The second-order valence-corrected chi connectivity index (χ2v) is 8.20. The van der Waals surface area contributed by atoms with Crippen molar-refractivity contribution >= 4 is 34.1 Å². The van der Waals surface area contributed by atoms with Gasteiger partial charge in [-0.15, -0.1) is 11.3 Å². The number of aromatic nitrogens is 1. The molecule has 2 aromatic heterocycles. The smallest absolute Gasteiger partial charge is 0.309 e. The lowest BCUT2D eigenvalue weighted by Crippen LogP contribution is -2.40. The summed E-state index contributed by atoms with van der Waals surface area (Å²) in [4.78, 5) is 27.4. The first-order valence-corrected chi connectivity index (χ1v) is 10.5. The fourth-order valence-electron chi connectivity index (χ4n) is 3.88. The van der Waals surface area contributed by atoms with Crippen LogP contribution in [-0.2, 0) is 9.53 Å². The van der Waals surface area contributed by atoms with Gasteiger partial charge in [0.1, 0.15) is 5.00 Å². The number of rotatable bonds is 4. The summed E-state index contributed by atoms with van der Waals surface area (Å²) in [5, 5.41) is 2.24. The number of ether oxygens (including phenoxy) is 1. The van der Waals surface area contributed by atoms with Gasteiger partial charge < -0.3 is 14.2 Å². The highest BCUT2D eigenvalue weighted by Crippen LogP contribution is 2.30. The molecular weight excluding hydrogens is 372 g/mol. The van der Waals surface area contributed by atoms with Gasteiger partial charge in [0.2, 0.25) is 0 Å². The van der Waals surface area contributed by atoms with Gasteiger partial charge in [0.05, 0.1) is 22.9 Å². The monoisotopic (exact) mass is 396 g/mol. The molecule has 3 heterocycles. The number of piperidine rings is 1. The number of nitrogens with zero attached hydrogens (tertiary/aromatic N) is 2. The zero-order valence-corrected chi connectivity index (χ0v) is 17.0. The Morgan fingerprint density at radius 2 is 1.89 bits per heavy atom. The van der Waals surface area contributed by atoms with Crippen LogP contribution in [0.5, 0.6) is 0 Å². The summed E-state index contributed by atoms with van der Waals surface area (Å²) in [6.45, 7) is 5.51. The first-order valence-electron chi connectivity index (χ1n) is 9.71. The lowest BCUT2D eigenvalue weighted by molar-refractivity contribution is -0.149. The van der Waals surface area contributed by atoms with E-state index in [-0.39, 0.29) is 17.8 Å². The normalized spacial score (nSPS) is 15.1. The standard InChI is InChI=1S/C22H24N2O3S/c1-3-27-22(26)16-10-12-23(13-11-16)21(25)19-8-9-20(28-19)24-15(2)14-17-6-4-5-7-18(17)24/h4-9,14,16H,3,10-13H2,1-2H3. The predicted octanol–water partition coefficient (Wildman–Crippen LogP) is 4.42. The van der Waals surface area contributed by atoms with E-state index in [1.807, 2.05) is 36.1 Å². The molecule has 0 aliphatic carbocycles. The summed E-state index contributed by atoms with van der Waals surface area (Å²) >= 11 is 1.52. The molecule has 1 aliphatic heterocycles. The molecule has 1 amide bonds. The maximum Gasteiger partial charge on any atom is 0.309 e. The van der Waals surface area contributed by atoms with Gasteiger partial charge in [-0.25, -0.2) is 0 Å². The molecule has 0 saturated carbocycles. The summed E-state index contributed by atoms with van der Waals surface area (Å²) in [6, 6.07) is 14.4. The van der Waals surface area contributed by atoms with E-state index in [4.69, 9.17) is 4.74 Å². The van der Waals surface area contributed by atoms with Crippen molar-refractivity contribution in [2.75, 3.05) is 19.7 Å². The Labute approximate surface area is 168 Å². The van der Waals surface area contributed by atoms with Crippen LogP contribution < -0.4 is 0 Å². The molecule has 146 valence electrons. The predicted molar refractivity (Wildman–Crippen MR) is 111 cm³/mol. The van der Waals surface area contributed by atoms with Crippen molar-refractivity contribution in [3.05, 3.63) is 53.0 Å². The minimum atomic E-state index is -0.136. The largest absolute Gasteiger partial charge is 0.466 e. The summed E-state index contributed by atoms with van der Waals surface area (Å²) in [6.07, 6.45) is 1.34. The van der Waals surface area contributed by atoms with Gasteiger partial charge in [-0.2, -0.15) is 0 Å². The molecule has 0 radical (unpaired) electrons. The van der Waals surface area contributed by atoms with Gasteiger partial charge in [-0.3, -0.25) is 9.59 Å². The lowest BCUT2D eigenvalue weighted by atomic mass is 9.97. The molecule has 1 aliphatic rings. The average molecular weight is 397 g/mol. The first kappa shape index (κ1) is 18.7. The Balaban J connectivity index is 1.50. The van der Waals surface area contributed by atoms with E-state index in [0.29, 0.717) is 32.5 Å². The topological polar surface area (TPSA) is 51.5 Å². The van der Waals surface area contributed by atoms with Gasteiger partial charge in [0, 0.05) is 24.2 Å². The molecule has 6 heteroatoms. The van der Waals surface area contributed by atoms with E-state index < -0.39 is 0 Å². The van der Waals surface area contributed by atoms with Crippen molar-refractivity contribution in [3.63, 3.8) is 0 Å². The minimum absolute atomic E-state index is 0.0488. The average Bonchev–Trinajstić information content (AvgIpc) is 3.31. The Morgan fingerprint density at radius 3 is 2.64 bits per heavy atom. The van der Waals surface area contributed by atoms with Gasteiger partial charge >= 0.3 is 5.97 Å². The molecule has 28 heavy (non-hydrogen) atoms. The van der Waals surface area contributed by atoms with Crippen LogP contribution in [0.1, 0.15) is 35.1 Å². The first-order chi connectivity index (χ1) is 13.6. The number of carbonyl (C=O) groups is 2. The second-order valence-electron chi connectivity index (χ2n) is 7.14. The van der Waals surface area contributed by atoms with Crippen LogP contribution in [0, 0.1) is 12.8 Å². The Bertz CT molecular complexity index is 1010. The van der Waals surface area contributed by atoms with E-state index in [1.54, 1.807) is 0 Å². The Kier molecular flexibility index (Phi) is 5.22.